The van der Waals surface area contributed by atoms with E-state index in [9.17, 15) is 5.11 Å². The summed E-state index contributed by atoms with van der Waals surface area (Å²) in [5.74, 6) is 0.769. The number of aliphatic hydroxyl groups excluding tert-OH is 1. The van der Waals surface area contributed by atoms with Crippen LogP contribution in [-0.2, 0) is 4.74 Å². The normalized spacial score (nSPS) is 20.8. The first-order valence-corrected chi connectivity index (χ1v) is 7.97. The number of ether oxygens (including phenoxy) is 1. The predicted molar refractivity (Wildman–Crippen MR) is 96.3 cm³/mol. The highest BCUT2D eigenvalue weighted by Crippen LogP contribution is 2.36. The Hall–Kier alpha value is -1.87. The van der Waals surface area contributed by atoms with Gasteiger partial charge in [-0.15, -0.1) is 0 Å². The van der Waals surface area contributed by atoms with Crippen molar-refractivity contribution >= 4 is 11.4 Å². The quantitative estimate of drug-likeness (QED) is 0.864. The van der Waals surface area contributed by atoms with Crippen molar-refractivity contribution in [1.29, 1.82) is 0 Å². The van der Waals surface area contributed by atoms with Crippen LogP contribution in [0.15, 0.2) is 46.2 Å². The molecule has 1 aromatic rings. The summed E-state index contributed by atoms with van der Waals surface area (Å²) >= 11 is 0. The molecule has 1 aliphatic rings. The molecule has 1 aromatic carbocycles. The minimum atomic E-state index is -0.715. The largest absolute Gasteiger partial charge is 0.496 e. The Balaban J connectivity index is 2.64. The summed E-state index contributed by atoms with van der Waals surface area (Å²) in [6.45, 7) is 12.3. The van der Waals surface area contributed by atoms with Crippen molar-refractivity contribution in [3.8, 4) is 0 Å². The minimum absolute atomic E-state index is 0.161. The summed E-state index contributed by atoms with van der Waals surface area (Å²) in [7, 11) is 1.66. The molecule has 2 rings (SSSR count). The summed E-state index contributed by atoms with van der Waals surface area (Å²) < 4.78 is 5.52. The van der Waals surface area contributed by atoms with Crippen LogP contribution < -0.4 is 0 Å². The summed E-state index contributed by atoms with van der Waals surface area (Å²) in [6, 6.07) is 6.10. The number of hydrogen-bond donors (Lipinski definition) is 1. The third-order valence-corrected chi connectivity index (χ3v) is 4.35. The molecule has 23 heavy (non-hydrogen) atoms. The van der Waals surface area contributed by atoms with Crippen molar-refractivity contribution in [2.24, 2.45) is 10.4 Å². The fourth-order valence-electron chi connectivity index (χ4n) is 2.89. The molecular formula is C20H27NO2. The molecule has 0 fully saturated rings. The maximum atomic E-state index is 10.9. The lowest BCUT2D eigenvalue weighted by Gasteiger charge is -2.32. The number of nitrogens with zero attached hydrogens (tertiary/aromatic N) is 1. The maximum Gasteiger partial charge on any atom is 0.123 e. The topological polar surface area (TPSA) is 41.8 Å². The van der Waals surface area contributed by atoms with E-state index in [1.165, 1.54) is 0 Å². The van der Waals surface area contributed by atoms with E-state index in [-0.39, 0.29) is 5.41 Å². The van der Waals surface area contributed by atoms with Crippen molar-refractivity contribution in [3.63, 3.8) is 0 Å². The van der Waals surface area contributed by atoms with E-state index in [4.69, 9.17) is 9.73 Å². The third-order valence-electron chi connectivity index (χ3n) is 4.35. The summed E-state index contributed by atoms with van der Waals surface area (Å²) in [5.41, 5.74) is 5.44. The molecule has 0 amide bonds. The van der Waals surface area contributed by atoms with E-state index < -0.39 is 6.10 Å². The number of methoxy groups -OCH3 is 1. The summed E-state index contributed by atoms with van der Waals surface area (Å²) in [4.78, 5) is 4.83. The molecular weight excluding hydrogens is 286 g/mol. The molecule has 0 heterocycles. The summed E-state index contributed by atoms with van der Waals surface area (Å²) in [6.07, 6.45) is 1.23. The van der Waals surface area contributed by atoms with Crippen LogP contribution in [-0.4, -0.2) is 24.0 Å². The second-order valence-corrected chi connectivity index (χ2v) is 7.18. The van der Waals surface area contributed by atoms with Gasteiger partial charge in [0.1, 0.15) is 11.9 Å². The zero-order valence-corrected chi connectivity index (χ0v) is 15.2. The Kier molecular flexibility index (Phi) is 4.81. The van der Waals surface area contributed by atoms with Crippen molar-refractivity contribution in [1.82, 2.24) is 0 Å². The SMILES string of the molecule is COC1=C(C)C(=Nc2c(C)cccc2C)C(O)C(C(C)(C)C)=C1. The van der Waals surface area contributed by atoms with Gasteiger partial charge in [-0.3, -0.25) is 0 Å². The molecule has 1 atom stereocenters. The van der Waals surface area contributed by atoms with Gasteiger partial charge >= 0.3 is 0 Å². The number of allylic oxidation sites excluding steroid dienone is 1. The molecule has 0 aliphatic heterocycles. The first-order valence-electron chi connectivity index (χ1n) is 7.97. The number of aliphatic hydroxyl groups is 1. The first-order chi connectivity index (χ1) is 10.7. The van der Waals surface area contributed by atoms with Crippen LogP contribution in [0.4, 0.5) is 5.69 Å². The van der Waals surface area contributed by atoms with Crippen LogP contribution in [0.3, 0.4) is 0 Å². The van der Waals surface area contributed by atoms with E-state index in [1.807, 2.05) is 45.0 Å². The standard InChI is InChI=1S/C20H27NO2/c1-12-9-8-10-13(2)17(12)21-18-14(3)16(23-7)11-15(19(18)22)20(4,5)6/h8-11,19,22H,1-7H3. The second-order valence-electron chi connectivity index (χ2n) is 7.18. The Morgan fingerprint density at radius 1 is 1.09 bits per heavy atom. The molecule has 1 aliphatic carbocycles. The number of benzene rings is 1. The van der Waals surface area contributed by atoms with Crippen LogP contribution in [0.25, 0.3) is 0 Å². The molecule has 0 bridgehead atoms. The van der Waals surface area contributed by atoms with Gasteiger partial charge in [0, 0.05) is 5.57 Å². The van der Waals surface area contributed by atoms with Gasteiger partial charge in [-0.25, -0.2) is 4.99 Å². The molecule has 1 unspecified atom stereocenters. The van der Waals surface area contributed by atoms with Gasteiger partial charge in [-0.2, -0.15) is 0 Å². The first kappa shape index (κ1) is 17.5. The lowest BCUT2D eigenvalue weighted by molar-refractivity contribution is 0.236. The maximum absolute atomic E-state index is 10.9. The van der Waals surface area contributed by atoms with Gasteiger partial charge in [0.25, 0.3) is 0 Å². The summed E-state index contributed by atoms with van der Waals surface area (Å²) in [5, 5.41) is 10.9. The zero-order valence-electron chi connectivity index (χ0n) is 15.2. The van der Waals surface area contributed by atoms with Gasteiger partial charge in [-0.1, -0.05) is 39.0 Å². The minimum Gasteiger partial charge on any atom is -0.496 e. The highest BCUT2D eigenvalue weighted by molar-refractivity contribution is 6.08. The lowest BCUT2D eigenvalue weighted by atomic mass is 9.77. The van der Waals surface area contributed by atoms with Crippen molar-refractivity contribution < 1.29 is 9.84 Å². The molecule has 0 saturated heterocycles. The molecule has 0 aromatic heterocycles. The van der Waals surface area contributed by atoms with Gasteiger partial charge in [0.2, 0.25) is 0 Å². The Bertz CT molecular complexity index is 683. The Morgan fingerprint density at radius 2 is 1.65 bits per heavy atom. The highest BCUT2D eigenvalue weighted by atomic mass is 16.5. The Morgan fingerprint density at radius 3 is 2.13 bits per heavy atom. The van der Waals surface area contributed by atoms with E-state index >= 15 is 0 Å². The van der Waals surface area contributed by atoms with E-state index in [0.29, 0.717) is 5.71 Å². The van der Waals surface area contributed by atoms with E-state index in [0.717, 1.165) is 33.7 Å². The van der Waals surface area contributed by atoms with Crippen LogP contribution >= 0.6 is 0 Å². The van der Waals surface area contributed by atoms with E-state index in [1.54, 1.807) is 7.11 Å². The lowest BCUT2D eigenvalue weighted by Crippen LogP contribution is -2.34. The molecule has 0 spiro atoms. The van der Waals surface area contributed by atoms with Gasteiger partial charge < -0.3 is 9.84 Å². The number of hydrogen-bond acceptors (Lipinski definition) is 3. The molecule has 0 saturated carbocycles. The molecule has 3 nitrogen and oxygen atoms in total. The molecule has 124 valence electrons. The monoisotopic (exact) mass is 313 g/mol. The van der Waals surface area contributed by atoms with Crippen LogP contribution in [0.1, 0.15) is 38.8 Å². The average Bonchev–Trinajstić information content (AvgIpc) is 2.45. The van der Waals surface area contributed by atoms with Gasteiger partial charge in [0.15, 0.2) is 0 Å². The smallest absolute Gasteiger partial charge is 0.123 e. The van der Waals surface area contributed by atoms with Crippen LogP contribution in [0, 0.1) is 19.3 Å². The average molecular weight is 313 g/mol. The van der Waals surface area contributed by atoms with Gasteiger partial charge in [0.05, 0.1) is 18.5 Å². The van der Waals surface area contributed by atoms with Crippen molar-refractivity contribution in [3.05, 3.63) is 52.3 Å². The number of aryl methyl sites for hydroxylation is 2. The Labute approximate surface area is 139 Å². The van der Waals surface area contributed by atoms with Gasteiger partial charge in [-0.05, 0) is 49.0 Å². The van der Waals surface area contributed by atoms with Crippen molar-refractivity contribution in [2.75, 3.05) is 7.11 Å². The van der Waals surface area contributed by atoms with E-state index in [2.05, 4.69) is 20.8 Å². The highest BCUT2D eigenvalue weighted by Gasteiger charge is 2.33. The fourth-order valence-corrected chi connectivity index (χ4v) is 2.89. The molecule has 3 heteroatoms. The van der Waals surface area contributed by atoms with Crippen LogP contribution in [0.5, 0.6) is 0 Å². The zero-order chi connectivity index (χ0) is 17.4. The number of rotatable bonds is 2. The second kappa shape index (κ2) is 6.32. The molecule has 1 N–H and O–H groups in total. The number of aliphatic imine (C=N–C) groups is 1. The fraction of sp³-hybridized carbons (Fsp3) is 0.450. The third kappa shape index (κ3) is 3.40. The predicted octanol–water partition coefficient (Wildman–Crippen LogP) is 4.64. The number of para-hydroxylation sites is 1. The van der Waals surface area contributed by atoms with Crippen molar-refractivity contribution in [2.45, 2.75) is 47.6 Å². The molecule has 0 radical (unpaired) electrons. The van der Waals surface area contributed by atoms with Crippen LogP contribution in [0.2, 0.25) is 0 Å².